The van der Waals surface area contributed by atoms with Gasteiger partial charge in [0.05, 0.1) is 0 Å². The van der Waals surface area contributed by atoms with Gasteiger partial charge in [-0.1, -0.05) is 36.4 Å². The molecule has 0 heterocycles. The van der Waals surface area contributed by atoms with Crippen LogP contribution in [-0.4, -0.2) is 5.91 Å². The molecule has 1 aliphatic carbocycles. The van der Waals surface area contributed by atoms with Crippen LogP contribution in [-0.2, 0) is 11.3 Å². The number of nitrogens with one attached hydrogen (secondary N) is 1. The summed E-state index contributed by atoms with van der Waals surface area (Å²) < 4.78 is 0. The summed E-state index contributed by atoms with van der Waals surface area (Å²) in [5.74, 6) is 0.0938. The zero-order valence-corrected chi connectivity index (χ0v) is 8.70. The van der Waals surface area contributed by atoms with Crippen molar-refractivity contribution in [1.82, 2.24) is 5.32 Å². The number of carbonyl (C=O) groups is 1. The van der Waals surface area contributed by atoms with E-state index in [1.165, 1.54) is 0 Å². The first-order valence-corrected chi connectivity index (χ1v) is 5.37. The second-order valence-corrected chi connectivity index (χ2v) is 3.79. The van der Waals surface area contributed by atoms with Crippen molar-refractivity contribution in [3.05, 3.63) is 47.5 Å². The Morgan fingerprint density at radius 3 is 2.73 bits per heavy atom. The van der Waals surface area contributed by atoms with Gasteiger partial charge in [-0.15, -0.1) is 0 Å². The van der Waals surface area contributed by atoms with Gasteiger partial charge in [-0.3, -0.25) is 4.79 Å². The maximum absolute atomic E-state index is 11.6. The van der Waals surface area contributed by atoms with Gasteiger partial charge in [0, 0.05) is 12.1 Å². The summed E-state index contributed by atoms with van der Waals surface area (Å²) in [5.41, 5.74) is 2.09. The van der Waals surface area contributed by atoms with Gasteiger partial charge in [0.1, 0.15) is 0 Å². The summed E-state index contributed by atoms with van der Waals surface area (Å²) in [6.45, 7) is 0.622. The van der Waals surface area contributed by atoms with E-state index in [0.29, 0.717) is 6.54 Å². The van der Waals surface area contributed by atoms with Crippen molar-refractivity contribution in [2.24, 2.45) is 0 Å². The SMILES string of the molecule is O=C(NCc1ccccc1)C1=CCCC1. The highest BCUT2D eigenvalue weighted by atomic mass is 16.1. The van der Waals surface area contributed by atoms with E-state index in [9.17, 15) is 4.79 Å². The van der Waals surface area contributed by atoms with E-state index in [0.717, 1.165) is 30.4 Å². The summed E-state index contributed by atoms with van der Waals surface area (Å²) in [6, 6.07) is 9.98. The van der Waals surface area contributed by atoms with Crippen molar-refractivity contribution < 1.29 is 4.79 Å². The summed E-state index contributed by atoms with van der Waals surface area (Å²) in [7, 11) is 0. The maximum atomic E-state index is 11.6. The van der Waals surface area contributed by atoms with E-state index >= 15 is 0 Å². The molecule has 0 unspecified atom stereocenters. The van der Waals surface area contributed by atoms with Gasteiger partial charge >= 0.3 is 0 Å². The van der Waals surface area contributed by atoms with E-state index in [1.807, 2.05) is 36.4 Å². The number of benzene rings is 1. The number of rotatable bonds is 3. The number of amides is 1. The van der Waals surface area contributed by atoms with E-state index in [-0.39, 0.29) is 5.91 Å². The molecule has 2 nitrogen and oxygen atoms in total. The second kappa shape index (κ2) is 4.78. The van der Waals surface area contributed by atoms with Crippen LogP contribution in [0.2, 0.25) is 0 Å². The van der Waals surface area contributed by atoms with Crippen LogP contribution < -0.4 is 5.32 Å². The molecule has 0 saturated carbocycles. The van der Waals surface area contributed by atoms with Gasteiger partial charge in [0.15, 0.2) is 0 Å². The predicted octanol–water partition coefficient (Wildman–Crippen LogP) is 2.41. The van der Waals surface area contributed by atoms with Crippen molar-refractivity contribution in [2.75, 3.05) is 0 Å². The Balaban J connectivity index is 1.86. The summed E-state index contributed by atoms with van der Waals surface area (Å²) in [5, 5.41) is 2.93. The van der Waals surface area contributed by atoms with E-state index in [2.05, 4.69) is 5.32 Å². The van der Waals surface area contributed by atoms with Crippen LogP contribution in [0.15, 0.2) is 42.0 Å². The van der Waals surface area contributed by atoms with Crippen molar-refractivity contribution in [1.29, 1.82) is 0 Å². The molecule has 1 amide bonds. The first kappa shape index (κ1) is 9.97. The third kappa shape index (κ3) is 2.69. The minimum atomic E-state index is 0.0938. The fraction of sp³-hybridized carbons (Fsp3) is 0.308. The molecule has 1 aliphatic rings. The van der Waals surface area contributed by atoms with Crippen LogP contribution >= 0.6 is 0 Å². The third-order valence-corrected chi connectivity index (χ3v) is 2.63. The maximum Gasteiger partial charge on any atom is 0.247 e. The molecular formula is C13H15NO. The van der Waals surface area contributed by atoms with E-state index in [4.69, 9.17) is 0 Å². The molecule has 1 aromatic carbocycles. The van der Waals surface area contributed by atoms with Crippen molar-refractivity contribution >= 4 is 5.91 Å². The Labute approximate surface area is 90.0 Å². The molecule has 2 rings (SSSR count). The summed E-state index contributed by atoms with van der Waals surface area (Å²) in [6.07, 6.45) is 5.14. The number of carbonyl (C=O) groups excluding carboxylic acids is 1. The molecule has 0 radical (unpaired) electrons. The van der Waals surface area contributed by atoms with Crippen LogP contribution in [0.3, 0.4) is 0 Å². The molecule has 1 N–H and O–H groups in total. The molecule has 78 valence electrons. The van der Waals surface area contributed by atoms with Crippen molar-refractivity contribution in [2.45, 2.75) is 25.8 Å². The molecule has 1 aromatic rings. The third-order valence-electron chi connectivity index (χ3n) is 2.63. The average Bonchev–Trinajstić information content (AvgIpc) is 2.81. The highest BCUT2D eigenvalue weighted by molar-refractivity contribution is 5.93. The zero-order valence-electron chi connectivity index (χ0n) is 8.70. The Kier molecular flexibility index (Phi) is 3.18. The van der Waals surface area contributed by atoms with Crippen LogP contribution in [0.1, 0.15) is 24.8 Å². The van der Waals surface area contributed by atoms with E-state index in [1.54, 1.807) is 0 Å². The summed E-state index contributed by atoms with van der Waals surface area (Å²) in [4.78, 5) is 11.6. The standard InChI is InChI=1S/C13H15NO/c15-13(12-8-4-5-9-12)14-10-11-6-2-1-3-7-11/h1-3,6-8H,4-5,9-10H2,(H,14,15). The molecular weight excluding hydrogens is 186 g/mol. The highest BCUT2D eigenvalue weighted by Gasteiger charge is 2.12. The van der Waals surface area contributed by atoms with E-state index < -0.39 is 0 Å². The Hall–Kier alpha value is -1.57. The predicted molar refractivity (Wildman–Crippen MR) is 60.2 cm³/mol. The van der Waals surface area contributed by atoms with Gasteiger partial charge in [0.2, 0.25) is 5.91 Å². The minimum absolute atomic E-state index is 0.0938. The first-order chi connectivity index (χ1) is 7.36. The number of hydrogen-bond donors (Lipinski definition) is 1. The van der Waals surface area contributed by atoms with Gasteiger partial charge in [-0.25, -0.2) is 0 Å². The number of hydrogen-bond acceptors (Lipinski definition) is 1. The Morgan fingerprint density at radius 1 is 1.27 bits per heavy atom. The van der Waals surface area contributed by atoms with Crippen LogP contribution in [0.25, 0.3) is 0 Å². The molecule has 2 heteroatoms. The van der Waals surface area contributed by atoms with Gasteiger partial charge < -0.3 is 5.32 Å². The van der Waals surface area contributed by atoms with Gasteiger partial charge in [-0.2, -0.15) is 0 Å². The molecule has 0 bridgehead atoms. The Bertz CT molecular complexity index is 367. The monoisotopic (exact) mass is 201 g/mol. The van der Waals surface area contributed by atoms with Crippen molar-refractivity contribution in [3.8, 4) is 0 Å². The lowest BCUT2D eigenvalue weighted by atomic mass is 10.2. The number of allylic oxidation sites excluding steroid dienone is 1. The lowest BCUT2D eigenvalue weighted by Crippen LogP contribution is -2.23. The van der Waals surface area contributed by atoms with Crippen molar-refractivity contribution in [3.63, 3.8) is 0 Å². The molecule has 0 aliphatic heterocycles. The molecule has 0 spiro atoms. The quantitative estimate of drug-likeness (QED) is 0.799. The van der Waals surface area contributed by atoms with Gasteiger partial charge in [0.25, 0.3) is 0 Å². The molecule has 15 heavy (non-hydrogen) atoms. The van der Waals surface area contributed by atoms with Crippen LogP contribution in [0.5, 0.6) is 0 Å². The van der Waals surface area contributed by atoms with Gasteiger partial charge in [-0.05, 0) is 24.8 Å². The van der Waals surface area contributed by atoms with Crippen LogP contribution in [0, 0.1) is 0 Å². The lowest BCUT2D eigenvalue weighted by molar-refractivity contribution is -0.117. The highest BCUT2D eigenvalue weighted by Crippen LogP contribution is 2.17. The zero-order chi connectivity index (χ0) is 10.5. The van der Waals surface area contributed by atoms with Crippen LogP contribution in [0.4, 0.5) is 0 Å². The minimum Gasteiger partial charge on any atom is -0.348 e. The second-order valence-electron chi connectivity index (χ2n) is 3.79. The lowest BCUT2D eigenvalue weighted by Gasteiger charge is -2.05. The fourth-order valence-electron chi connectivity index (χ4n) is 1.77. The normalized spacial score (nSPS) is 14.8. The molecule has 0 aromatic heterocycles. The average molecular weight is 201 g/mol. The molecule has 0 saturated heterocycles. The smallest absolute Gasteiger partial charge is 0.247 e. The largest absolute Gasteiger partial charge is 0.348 e. The first-order valence-electron chi connectivity index (χ1n) is 5.37. The molecule has 0 atom stereocenters. The topological polar surface area (TPSA) is 29.1 Å². The Morgan fingerprint density at radius 2 is 2.07 bits per heavy atom. The fourth-order valence-corrected chi connectivity index (χ4v) is 1.77. The molecule has 0 fully saturated rings. The summed E-state index contributed by atoms with van der Waals surface area (Å²) >= 11 is 0.